The molecule has 2 amide bonds. The minimum Gasteiger partial charge on any atom is -0.450 e. The lowest BCUT2D eigenvalue weighted by atomic mass is 10.0. The quantitative estimate of drug-likeness (QED) is 0.567. The Morgan fingerprint density at radius 2 is 1.67 bits per heavy atom. The first-order chi connectivity index (χ1) is 16.1. The van der Waals surface area contributed by atoms with Crippen LogP contribution in [0.25, 0.3) is 10.8 Å². The van der Waals surface area contributed by atoms with Gasteiger partial charge in [0.2, 0.25) is 0 Å². The van der Waals surface area contributed by atoms with Crippen LogP contribution in [0.1, 0.15) is 30.1 Å². The SMILES string of the molecule is CCOC(=O)N1CCC(NS(=O)c2cccc3c(C(=O)Nc4ccccc4)cccc23)CC1. The predicted molar refractivity (Wildman–Crippen MR) is 130 cm³/mol. The van der Waals surface area contributed by atoms with Crippen LogP contribution >= 0.6 is 0 Å². The van der Waals surface area contributed by atoms with Crippen LogP contribution in [0.4, 0.5) is 10.5 Å². The van der Waals surface area contributed by atoms with E-state index in [4.69, 9.17) is 4.74 Å². The van der Waals surface area contributed by atoms with Gasteiger partial charge in [-0.25, -0.2) is 13.7 Å². The first-order valence-electron chi connectivity index (χ1n) is 11.0. The summed E-state index contributed by atoms with van der Waals surface area (Å²) in [6, 6.07) is 20.3. The molecule has 1 fully saturated rings. The lowest BCUT2D eigenvalue weighted by molar-refractivity contribution is 0.0965. The molecular weight excluding hydrogens is 438 g/mol. The van der Waals surface area contributed by atoms with Crippen LogP contribution in [-0.2, 0) is 15.7 Å². The van der Waals surface area contributed by atoms with E-state index < -0.39 is 11.0 Å². The van der Waals surface area contributed by atoms with Crippen molar-refractivity contribution in [1.82, 2.24) is 9.62 Å². The summed E-state index contributed by atoms with van der Waals surface area (Å²) in [6.07, 6.45) is 1.09. The number of hydrogen-bond donors (Lipinski definition) is 2. The average molecular weight is 466 g/mol. The van der Waals surface area contributed by atoms with E-state index in [1.165, 1.54) is 0 Å². The number of benzene rings is 3. The highest BCUT2D eigenvalue weighted by molar-refractivity contribution is 7.83. The van der Waals surface area contributed by atoms with E-state index in [9.17, 15) is 13.8 Å². The van der Waals surface area contributed by atoms with Gasteiger partial charge in [-0.2, -0.15) is 0 Å². The molecule has 3 aromatic rings. The Hall–Kier alpha value is -3.23. The zero-order valence-corrected chi connectivity index (χ0v) is 19.3. The van der Waals surface area contributed by atoms with E-state index in [-0.39, 0.29) is 18.0 Å². The molecule has 4 rings (SSSR count). The van der Waals surface area contributed by atoms with E-state index in [0.717, 1.165) is 16.5 Å². The predicted octanol–water partition coefficient (Wildman–Crippen LogP) is 4.33. The third kappa shape index (κ3) is 5.40. The monoisotopic (exact) mass is 465 g/mol. The standard InChI is InChI=1S/C25H27N3O4S/c1-2-32-25(30)28-16-14-19(15-17-28)27-33(31)23-13-7-10-20-21(23)11-6-12-22(20)24(29)26-18-8-4-3-5-9-18/h3-13,19,27H,2,14-17H2,1H3,(H,26,29). The van der Waals surface area contributed by atoms with Gasteiger partial charge in [0.1, 0.15) is 11.0 Å². The molecule has 7 nitrogen and oxygen atoms in total. The number of rotatable bonds is 6. The fourth-order valence-electron chi connectivity index (χ4n) is 3.97. The van der Waals surface area contributed by atoms with Gasteiger partial charge in [0.25, 0.3) is 5.91 Å². The van der Waals surface area contributed by atoms with Crippen molar-refractivity contribution in [2.45, 2.75) is 30.7 Å². The first kappa shape index (κ1) is 22.9. The Morgan fingerprint density at radius 1 is 0.970 bits per heavy atom. The van der Waals surface area contributed by atoms with E-state index in [1.807, 2.05) is 54.6 Å². The van der Waals surface area contributed by atoms with Crippen molar-refractivity contribution in [1.29, 1.82) is 0 Å². The van der Waals surface area contributed by atoms with Crippen molar-refractivity contribution in [3.63, 3.8) is 0 Å². The second kappa shape index (κ2) is 10.6. The number of carbonyl (C=O) groups is 2. The number of hydrogen-bond acceptors (Lipinski definition) is 4. The molecule has 0 bridgehead atoms. The molecule has 1 saturated heterocycles. The number of carbonyl (C=O) groups excluding carboxylic acids is 2. The first-order valence-corrected chi connectivity index (χ1v) is 12.2. The molecule has 33 heavy (non-hydrogen) atoms. The summed E-state index contributed by atoms with van der Waals surface area (Å²) in [5.74, 6) is -0.214. The van der Waals surface area contributed by atoms with E-state index in [0.29, 0.717) is 43.0 Å². The molecule has 1 aliphatic rings. The number of ether oxygens (including phenoxy) is 1. The number of fused-ring (bicyclic) bond motifs is 1. The average Bonchev–Trinajstić information content (AvgIpc) is 2.84. The second-order valence-electron chi connectivity index (χ2n) is 7.82. The summed E-state index contributed by atoms with van der Waals surface area (Å²) in [5.41, 5.74) is 1.24. The summed E-state index contributed by atoms with van der Waals surface area (Å²) in [6.45, 7) is 3.27. The Labute approximate surface area is 195 Å². The highest BCUT2D eigenvalue weighted by atomic mass is 32.2. The van der Waals surface area contributed by atoms with Gasteiger partial charge in [-0.05, 0) is 54.8 Å². The van der Waals surface area contributed by atoms with Gasteiger partial charge in [-0.15, -0.1) is 0 Å². The van der Waals surface area contributed by atoms with Crippen LogP contribution in [0.3, 0.4) is 0 Å². The zero-order valence-electron chi connectivity index (χ0n) is 18.5. The summed E-state index contributed by atoms with van der Waals surface area (Å²) in [4.78, 5) is 27.1. The van der Waals surface area contributed by atoms with Crippen molar-refractivity contribution >= 4 is 39.4 Å². The number of piperidine rings is 1. The van der Waals surface area contributed by atoms with Crippen LogP contribution < -0.4 is 10.0 Å². The Balaban J connectivity index is 1.48. The number of anilines is 1. The molecule has 0 aliphatic carbocycles. The molecule has 1 unspecified atom stereocenters. The molecule has 0 spiro atoms. The Kier molecular flexibility index (Phi) is 7.36. The van der Waals surface area contributed by atoms with Crippen molar-refractivity contribution in [2.24, 2.45) is 0 Å². The van der Waals surface area contributed by atoms with E-state index >= 15 is 0 Å². The minimum absolute atomic E-state index is 0.0244. The van der Waals surface area contributed by atoms with E-state index in [1.54, 1.807) is 24.0 Å². The van der Waals surface area contributed by atoms with Crippen molar-refractivity contribution < 1.29 is 18.5 Å². The van der Waals surface area contributed by atoms with Crippen molar-refractivity contribution in [3.05, 3.63) is 72.3 Å². The molecule has 172 valence electrons. The summed E-state index contributed by atoms with van der Waals surface area (Å²) in [7, 11) is -1.46. The molecule has 3 aromatic carbocycles. The van der Waals surface area contributed by atoms with Crippen molar-refractivity contribution in [3.8, 4) is 0 Å². The largest absolute Gasteiger partial charge is 0.450 e. The molecular formula is C25H27N3O4S. The number of para-hydroxylation sites is 1. The normalized spacial score (nSPS) is 15.2. The topological polar surface area (TPSA) is 87.7 Å². The number of likely N-dealkylation sites (tertiary alicyclic amines) is 1. The Bertz CT molecular complexity index is 1160. The van der Waals surface area contributed by atoms with Gasteiger partial charge >= 0.3 is 6.09 Å². The summed E-state index contributed by atoms with van der Waals surface area (Å²) < 4.78 is 21.5. The highest BCUT2D eigenvalue weighted by Crippen LogP contribution is 2.26. The second-order valence-corrected chi connectivity index (χ2v) is 9.04. The molecule has 0 aromatic heterocycles. The van der Waals surface area contributed by atoms with Crippen LogP contribution in [0.5, 0.6) is 0 Å². The lowest BCUT2D eigenvalue weighted by Crippen LogP contribution is -2.45. The van der Waals surface area contributed by atoms with Crippen LogP contribution in [0.2, 0.25) is 0 Å². The maximum Gasteiger partial charge on any atom is 0.409 e. The molecule has 1 atom stereocenters. The number of nitrogens with one attached hydrogen (secondary N) is 2. The molecule has 0 saturated carbocycles. The molecule has 8 heteroatoms. The summed E-state index contributed by atoms with van der Waals surface area (Å²) >= 11 is 0. The molecule has 0 radical (unpaired) electrons. The molecule has 2 N–H and O–H groups in total. The third-order valence-electron chi connectivity index (χ3n) is 5.65. The van der Waals surface area contributed by atoms with Crippen LogP contribution in [-0.4, -0.2) is 46.8 Å². The number of amides is 2. The van der Waals surface area contributed by atoms with Crippen molar-refractivity contribution in [2.75, 3.05) is 25.0 Å². The smallest absolute Gasteiger partial charge is 0.409 e. The van der Waals surface area contributed by atoms with Gasteiger partial charge in [0, 0.05) is 30.4 Å². The van der Waals surface area contributed by atoms with Gasteiger partial charge in [0.05, 0.1) is 11.5 Å². The Morgan fingerprint density at radius 3 is 2.39 bits per heavy atom. The highest BCUT2D eigenvalue weighted by Gasteiger charge is 2.25. The summed E-state index contributed by atoms with van der Waals surface area (Å²) in [5, 5.41) is 4.43. The van der Waals surface area contributed by atoms with Gasteiger partial charge < -0.3 is 15.0 Å². The van der Waals surface area contributed by atoms with E-state index in [2.05, 4.69) is 10.0 Å². The fraction of sp³-hybridized carbons (Fsp3) is 0.280. The maximum atomic E-state index is 13.2. The minimum atomic E-state index is -1.46. The maximum absolute atomic E-state index is 13.2. The zero-order chi connectivity index (χ0) is 23.2. The fourth-order valence-corrected chi connectivity index (χ4v) is 5.22. The number of nitrogens with zero attached hydrogens (tertiary/aromatic N) is 1. The van der Waals surface area contributed by atoms with Gasteiger partial charge in [-0.3, -0.25) is 4.79 Å². The lowest BCUT2D eigenvalue weighted by Gasteiger charge is -2.31. The van der Waals surface area contributed by atoms with Gasteiger partial charge in [0.15, 0.2) is 0 Å². The third-order valence-corrected chi connectivity index (χ3v) is 6.96. The molecule has 1 aliphatic heterocycles. The van der Waals surface area contributed by atoms with Gasteiger partial charge in [-0.1, -0.05) is 42.5 Å². The van der Waals surface area contributed by atoms with Crippen LogP contribution in [0.15, 0.2) is 71.6 Å². The molecule has 1 heterocycles. The van der Waals surface area contributed by atoms with Crippen LogP contribution in [0, 0.1) is 0 Å².